The first-order valence-electron chi connectivity index (χ1n) is 6.39. The van der Waals surface area contributed by atoms with Gasteiger partial charge in [0.2, 0.25) is 5.13 Å². The predicted octanol–water partition coefficient (Wildman–Crippen LogP) is 2.97. The molecule has 0 fully saturated rings. The molecule has 8 heteroatoms. The maximum atomic E-state index is 11.0. The average molecular weight is 335 g/mol. The van der Waals surface area contributed by atoms with Gasteiger partial charge < -0.3 is 5.11 Å². The standard InChI is InChI=1S/C14H11ClN4O2S/c1-8-12(13(20)21)17-18-19(8)14-16-7-11(22-14)6-9-2-4-10(15)5-3-9/h2-5,7H,6H2,1H3,(H,20,21). The Morgan fingerprint density at radius 3 is 2.73 bits per heavy atom. The van der Waals surface area contributed by atoms with E-state index in [1.165, 1.54) is 16.0 Å². The van der Waals surface area contributed by atoms with Crippen LogP contribution in [-0.4, -0.2) is 31.1 Å². The molecule has 6 nitrogen and oxygen atoms in total. The highest BCUT2D eigenvalue weighted by atomic mass is 35.5. The predicted molar refractivity (Wildman–Crippen MR) is 83.0 cm³/mol. The Kier molecular flexibility index (Phi) is 3.91. The minimum atomic E-state index is -1.10. The summed E-state index contributed by atoms with van der Waals surface area (Å²) in [6.07, 6.45) is 2.49. The summed E-state index contributed by atoms with van der Waals surface area (Å²) >= 11 is 7.32. The zero-order valence-corrected chi connectivity index (χ0v) is 13.1. The lowest BCUT2D eigenvalue weighted by Crippen LogP contribution is -2.02. The van der Waals surface area contributed by atoms with Gasteiger partial charge in [0.1, 0.15) is 0 Å². The number of hydrogen-bond acceptors (Lipinski definition) is 5. The van der Waals surface area contributed by atoms with Gasteiger partial charge in [0.05, 0.1) is 5.69 Å². The van der Waals surface area contributed by atoms with E-state index in [2.05, 4.69) is 15.3 Å². The van der Waals surface area contributed by atoms with Gasteiger partial charge in [0.15, 0.2) is 5.69 Å². The number of carboxylic acid groups (broad SMARTS) is 1. The summed E-state index contributed by atoms with van der Waals surface area (Å²) in [5.41, 5.74) is 1.52. The Bertz CT molecular complexity index is 826. The number of aromatic nitrogens is 4. The second-order valence-electron chi connectivity index (χ2n) is 4.65. The summed E-state index contributed by atoms with van der Waals surface area (Å²) in [6.45, 7) is 1.66. The zero-order valence-electron chi connectivity index (χ0n) is 11.5. The molecular formula is C14H11ClN4O2S. The van der Waals surface area contributed by atoms with E-state index in [9.17, 15) is 4.79 Å². The van der Waals surface area contributed by atoms with Crippen LogP contribution >= 0.6 is 22.9 Å². The van der Waals surface area contributed by atoms with Gasteiger partial charge in [-0.3, -0.25) is 0 Å². The molecule has 3 aromatic rings. The van der Waals surface area contributed by atoms with Crippen LogP contribution in [0.15, 0.2) is 30.5 Å². The van der Waals surface area contributed by atoms with Gasteiger partial charge in [-0.1, -0.05) is 40.3 Å². The molecule has 0 aliphatic heterocycles. The lowest BCUT2D eigenvalue weighted by molar-refractivity contribution is 0.0689. The normalized spacial score (nSPS) is 10.8. The lowest BCUT2D eigenvalue weighted by Gasteiger charge is -1.98. The molecule has 0 aliphatic carbocycles. The molecule has 22 heavy (non-hydrogen) atoms. The Hall–Kier alpha value is -2.25. The van der Waals surface area contributed by atoms with Gasteiger partial charge in [-0.05, 0) is 24.6 Å². The van der Waals surface area contributed by atoms with E-state index in [4.69, 9.17) is 16.7 Å². The van der Waals surface area contributed by atoms with Crippen LogP contribution in [0.1, 0.15) is 26.6 Å². The van der Waals surface area contributed by atoms with Crippen molar-refractivity contribution < 1.29 is 9.90 Å². The first-order chi connectivity index (χ1) is 10.5. The van der Waals surface area contributed by atoms with Crippen molar-refractivity contribution in [2.45, 2.75) is 13.3 Å². The number of aromatic carboxylic acids is 1. The van der Waals surface area contributed by atoms with Crippen molar-refractivity contribution in [1.82, 2.24) is 20.0 Å². The minimum absolute atomic E-state index is 0.0607. The molecule has 2 aromatic heterocycles. The van der Waals surface area contributed by atoms with Crippen molar-refractivity contribution in [2.24, 2.45) is 0 Å². The van der Waals surface area contributed by atoms with Crippen LogP contribution < -0.4 is 0 Å². The van der Waals surface area contributed by atoms with Gasteiger partial charge in [-0.15, -0.1) is 5.10 Å². The van der Waals surface area contributed by atoms with E-state index < -0.39 is 5.97 Å². The highest BCUT2D eigenvalue weighted by Gasteiger charge is 2.17. The Morgan fingerprint density at radius 1 is 1.36 bits per heavy atom. The molecule has 0 aliphatic rings. The molecule has 0 amide bonds. The first kappa shape index (κ1) is 14.7. The van der Waals surface area contributed by atoms with E-state index in [1.54, 1.807) is 13.1 Å². The summed E-state index contributed by atoms with van der Waals surface area (Å²) < 4.78 is 1.44. The quantitative estimate of drug-likeness (QED) is 0.793. The number of carbonyl (C=O) groups is 1. The molecule has 1 aromatic carbocycles. The summed E-state index contributed by atoms with van der Waals surface area (Å²) in [4.78, 5) is 16.3. The fraction of sp³-hybridized carbons (Fsp3) is 0.143. The summed E-state index contributed by atoms with van der Waals surface area (Å²) in [6, 6.07) is 7.62. The Labute approximate surface area is 135 Å². The van der Waals surface area contributed by atoms with Crippen molar-refractivity contribution in [1.29, 1.82) is 0 Å². The molecule has 0 unspecified atom stereocenters. The van der Waals surface area contributed by atoms with E-state index in [1.807, 2.05) is 24.3 Å². The van der Waals surface area contributed by atoms with Crippen LogP contribution in [0.4, 0.5) is 0 Å². The molecule has 3 rings (SSSR count). The van der Waals surface area contributed by atoms with Gasteiger partial charge in [-0.2, -0.15) is 4.68 Å². The smallest absolute Gasteiger partial charge is 0.358 e. The Balaban J connectivity index is 1.84. The van der Waals surface area contributed by atoms with E-state index in [0.29, 0.717) is 15.8 Å². The van der Waals surface area contributed by atoms with E-state index >= 15 is 0 Å². The van der Waals surface area contributed by atoms with Crippen molar-refractivity contribution in [3.8, 4) is 5.13 Å². The monoisotopic (exact) mass is 334 g/mol. The number of rotatable bonds is 4. The van der Waals surface area contributed by atoms with Crippen molar-refractivity contribution >= 4 is 28.9 Å². The molecule has 112 valence electrons. The zero-order chi connectivity index (χ0) is 15.7. The van der Waals surface area contributed by atoms with Crippen LogP contribution in [0.3, 0.4) is 0 Å². The van der Waals surface area contributed by atoms with Crippen LogP contribution in [0, 0.1) is 6.92 Å². The van der Waals surface area contributed by atoms with Crippen molar-refractivity contribution in [3.63, 3.8) is 0 Å². The van der Waals surface area contributed by atoms with Crippen LogP contribution in [0.5, 0.6) is 0 Å². The summed E-state index contributed by atoms with van der Waals surface area (Å²) in [5.74, 6) is -1.10. The maximum Gasteiger partial charge on any atom is 0.358 e. The van der Waals surface area contributed by atoms with Crippen LogP contribution in [0.2, 0.25) is 5.02 Å². The average Bonchev–Trinajstić information content (AvgIpc) is 3.08. The molecule has 0 atom stereocenters. The van der Waals surface area contributed by atoms with Crippen LogP contribution in [0.25, 0.3) is 5.13 Å². The molecule has 0 bridgehead atoms. The lowest BCUT2D eigenvalue weighted by atomic mass is 10.1. The van der Waals surface area contributed by atoms with Crippen molar-refractivity contribution in [2.75, 3.05) is 0 Å². The van der Waals surface area contributed by atoms with Gasteiger partial charge in [0, 0.05) is 22.5 Å². The highest BCUT2D eigenvalue weighted by molar-refractivity contribution is 7.14. The second kappa shape index (κ2) is 5.86. The SMILES string of the molecule is Cc1c(C(=O)O)nnn1-c1ncc(Cc2ccc(Cl)cc2)s1. The van der Waals surface area contributed by atoms with Gasteiger partial charge in [-0.25, -0.2) is 9.78 Å². The minimum Gasteiger partial charge on any atom is -0.476 e. The first-order valence-corrected chi connectivity index (χ1v) is 7.59. The number of halogens is 1. The highest BCUT2D eigenvalue weighted by Crippen LogP contribution is 2.22. The molecule has 0 radical (unpaired) electrons. The molecule has 0 spiro atoms. The summed E-state index contributed by atoms with van der Waals surface area (Å²) in [5, 5.41) is 17.8. The molecule has 2 heterocycles. The molecule has 0 saturated heterocycles. The van der Waals surface area contributed by atoms with Gasteiger partial charge >= 0.3 is 5.97 Å². The van der Waals surface area contributed by atoms with E-state index in [-0.39, 0.29) is 5.69 Å². The third-order valence-electron chi connectivity index (χ3n) is 3.11. The van der Waals surface area contributed by atoms with Crippen LogP contribution in [-0.2, 0) is 6.42 Å². The number of benzene rings is 1. The Morgan fingerprint density at radius 2 is 2.09 bits per heavy atom. The third-order valence-corrected chi connectivity index (χ3v) is 4.34. The number of carboxylic acids is 1. The van der Waals surface area contributed by atoms with Gasteiger partial charge in [0.25, 0.3) is 0 Å². The van der Waals surface area contributed by atoms with E-state index in [0.717, 1.165) is 16.9 Å². The maximum absolute atomic E-state index is 11.0. The largest absolute Gasteiger partial charge is 0.476 e. The third kappa shape index (κ3) is 2.86. The second-order valence-corrected chi connectivity index (χ2v) is 6.18. The number of nitrogens with zero attached hydrogens (tertiary/aromatic N) is 4. The topological polar surface area (TPSA) is 80.9 Å². The molecule has 0 saturated carbocycles. The number of hydrogen-bond donors (Lipinski definition) is 1. The summed E-state index contributed by atoms with van der Waals surface area (Å²) in [7, 11) is 0. The molecule has 1 N–H and O–H groups in total. The van der Waals surface area contributed by atoms with Crippen molar-refractivity contribution in [3.05, 3.63) is 57.3 Å². The fourth-order valence-electron chi connectivity index (χ4n) is 1.99. The number of thiazole rings is 1. The molecular weight excluding hydrogens is 324 g/mol. The fourth-order valence-corrected chi connectivity index (χ4v) is 3.06.